The molecule has 1 atom stereocenters. The lowest BCUT2D eigenvalue weighted by atomic mass is 10.1. The minimum absolute atomic E-state index is 0.205. The largest absolute Gasteiger partial charge is 0.491 e. The van der Waals surface area contributed by atoms with Crippen molar-refractivity contribution in [3.63, 3.8) is 0 Å². The van der Waals surface area contributed by atoms with Crippen LogP contribution in [0, 0.1) is 6.92 Å². The minimum Gasteiger partial charge on any atom is -0.491 e. The number of hydrogen-bond donors (Lipinski definition) is 1. The predicted octanol–water partition coefficient (Wildman–Crippen LogP) is 5.72. The first-order valence-electron chi connectivity index (χ1n) is 7.24. The Morgan fingerprint density at radius 3 is 2.24 bits per heavy atom. The van der Waals surface area contributed by atoms with Gasteiger partial charge in [0.2, 0.25) is 0 Å². The number of halogens is 1. The highest BCUT2D eigenvalue weighted by Gasteiger charge is 2.07. The molecule has 0 spiro atoms. The molecule has 0 fully saturated rings. The fourth-order valence-corrected chi connectivity index (χ4v) is 2.87. The van der Waals surface area contributed by atoms with Crippen molar-refractivity contribution in [1.82, 2.24) is 0 Å². The van der Waals surface area contributed by atoms with Crippen molar-refractivity contribution in [2.75, 3.05) is 5.32 Å². The van der Waals surface area contributed by atoms with Gasteiger partial charge < -0.3 is 10.1 Å². The zero-order valence-electron chi connectivity index (χ0n) is 13.0. The van der Waals surface area contributed by atoms with Gasteiger partial charge in [0.05, 0.1) is 6.10 Å². The van der Waals surface area contributed by atoms with E-state index in [0.717, 1.165) is 15.9 Å². The molecule has 21 heavy (non-hydrogen) atoms. The second kappa shape index (κ2) is 6.99. The Labute approximate surface area is 135 Å². The van der Waals surface area contributed by atoms with Crippen molar-refractivity contribution in [3.8, 4) is 5.75 Å². The van der Waals surface area contributed by atoms with Crippen LogP contribution in [0.5, 0.6) is 5.75 Å². The molecule has 0 aromatic heterocycles. The number of aryl methyl sites for hydroxylation is 1. The Balaban J connectivity index is 2.07. The van der Waals surface area contributed by atoms with Gasteiger partial charge in [-0.3, -0.25) is 0 Å². The highest BCUT2D eigenvalue weighted by molar-refractivity contribution is 9.10. The predicted molar refractivity (Wildman–Crippen MR) is 93.1 cm³/mol. The summed E-state index contributed by atoms with van der Waals surface area (Å²) < 4.78 is 6.77. The summed E-state index contributed by atoms with van der Waals surface area (Å²) in [6.45, 7) is 8.33. The van der Waals surface area contributed by atoms with E-state index in [-0.39, 0.29) is 12.1 Å². The third kappa shape index (κ3) is 4.78. The molecule has 2 rings (SSSR count). The lowest BCUT2D eigenvalue weighted by Crippen LogP contribution is -2.08. The van der Waals surface area contributed by atoms with Gasteiger partial charge in [-0.05, 0) is 69.2 Å². The lowest BCUT2D eigenvalue weighted by molar-refractivity contribution is 0.242. The Hall–Kier alpha value is -1.48. The van der Waals surface area contributed by atoms with Crippen LogP contribution >= 0.6 is 15.9 Å². The average Bonchev–Trinajstić information content (AvgIpc) is 2.37. The monoisotopic (exact) mass is 347 g/mol. The van der Waals surface area contributed by atoms with Crippen LogP contribution in [0.1, 0.15) is 37.9 Å². The SMILES string of the molecule is Cc1cc(Br)cc(NC(C)c2ccc(OC(C)C)cc2)c1. The van der Waals surface area contributed by atoms with Crippen molar-refractivity contribution in [2.45, 2.75) is 39.8 Å². The van der Waals surface area contributed by atoms with Crippen LogP contribution in [-0.4, -0.2) is 6.10 Å². The molecule has 1 unspecified atom stereocenters. The minimum atomic E-state index is 0.205. The Morgan fingerprint density at radius 2 is 1.67 bits per heavy atom. The van der Waals surface area contributed by atoms with Gasteiger partial charge in [-0.15, -0.1) is 0 Å². The third-order valence-corrected chi connectivity index (χ3v) is 3.64. The summed E-state index contributed by atoms with van der Waals surface area (Å²) in [5, 5.41) is 3.53. The number of benzene rings is 2. The van der Waals surface area contributed by atoms with Crippen molar-refractivity contribution in [3.05, 3.63) is 58.1 Å². The molecule has 2 aromatic carbocycles. The highest BCUT2D eigenvalue weighted by atomic mass is 79.9. The fourth-order valence-electron chi connectivity index (χ4n) is 2.26. The summed E-state index contributed by atoms with van der Waals surface area (Å²) in [5.41, 5.74) is 3.60. The van der Waals surface area contributed by atoms with E-state index in [2.05, 4.69) is 65.4 Å². The molecular weight excluding hydrogens is 326 g/mol. The summed E-state index contributed by atoms with van der Waals surface area (Å²) in [6.07, 6.45) is 0.205. The van der Waals surface area contributed by atoms with Crippen LogP contribution in [0.15, 0.2) is 46.9 Å². The summed E-state index contributed by atoms with van der Waals surface area (Å²) in [5.74, 6) is 0.916. The maximum Gasteiger partial charge on any atom is 0.119 e. The highest BCUT2D eigenvalue weighted by Crippen LogP contribution is 2.25. The standard InChI is InChI=1S/C18H22BrNO/c1-12(2)21-18-7-5-15(6-8-18)14(4)20-17-10-13(3)9-16(19)11-17/h5-12,14,20H,1-4H3. The van der Waals surface area contributed by atoms with Gasteiger partial charge in [0.1, 0.15) is 5.75 Å². The van der Waals surface area contributed by atoms with Crippen molar-refractivity contribution in [2.24, 2.45) is 0 Å². The molecule has 3 heteroatoms. The van der Waals surface area contributed by atoms with Gasteiger partial charge in [0.15, 0.2) is 0 Å². The molecule has 2 aromatic rings. The van der Waals surface area contributed by atoms with Gasteiger partial charge in [-0.2, -0.15) is 0 Å². The van der Waals surface area contributed by atoms with Crippen molar-refractivity contribution >= 4 is 21.6 Å². The normalized spacial score (nSPS) is 12.3. The van der Waals surface area contributed by atoms with Gasteiger partial charge in [0, 0.05) is 16.2 Å². The molecular formula is C18H22BrNO. The molecule has 0 radical (unpaired) electrons. The van der Waals surface area contributed by atoms with E-state index in [9.17, 15) is 0 Å². The number of hydrogen-bond acceptors (Lipinski definition) is 2. The molecule has 1 N–H and O–H groups in total. The molecule has 0 amide bonds. The van der Waals surface area contributed by atoms with Crippen LogP contribution < -0.4 is 10.1 Å². The van der Waals surface area contributed by atoms with Crippen LogP contribution in [0.3, 0.4) is 0 Å². The number of rotatable bonds is 5. The van der Waals surface area contributed by atoms with Crippen molar-refractivity contribution < 1.29 is 4.74 Å². The van der Waals surface area contributed by atoms with Crippen LogP contribution in [-0.2, 0) is 0 Å². The van der Waals surface area contributed by atoms with E-state index < -0.39 is 0 Å². The molecule has 0 heterocycles. The van der Waals surface area contributed by atoms with Gasteiger partial charge in [0.25, 0.3) is 0 Å². The second-order valence-electron chi connectivity index (χ2n) is 5.62. The Morgan fingerprint density at radius 1 is 1.00 bits per heavy atom. The molecule has 112 valence electrons. The smallest absolute Gasteiger partial charge is 0.119 e. The second-order valence-corrected chi connectivity index (χ2v) is 6.53. The van der Waals surface area contributed by atoms with E-state index in [1.165, 1.54) is 11.1 Å². The van der Waals surface area contributed by atoms with Crippen molar-refractivity contribution in [1.29, 1.82) is 0 Å². The van der Waals surface area contributed by atoms with Gasteiger partial charge >= 0.3 is 0 Å². The molecule has 0 aliphatic rings. The summed E-state index contributed by atoms with van der Waals surface area (Å²) >= 11 is 3.53. The molecule has 0 aliphatic carbocycles. The topological polar surface area (TPSA) is 21.3 Å². The zero-order valence-corrected chi connectivity index (χ0v) is 14.6. The maximum atomic E-state index is 5.67. The van der Waals surface area contributed by atoms with E-state index in [1.54, 1.807) is 0 Å². The molecule has 2 nitrogen and oxygen atoms in total. The number of anilines is 1. The van der Waals surface area contributed by atoms with Crippen LogP contribution in [0.4, 0.5) is 5.69 Å². The van der Waals surface area contributed by atoms with Gasteiger partial charge in [-0.25, -0.2) is 0 Å². The first kappa shape index (κ1) is 15.9. The molecule has 0 bridgehead atoms. The Bertz CT molecular complexity index is 572. The van der Waals surface area contributed by atoms with Crippen LogP contribution in [0.2, 0.25) is 0 Å². The molecule has 0 aliphatic heterocycles. The maximum absolute atomic E-state index is 5.67. The number of nitrogens with one attached hydrogen (secondary N) is 1. The van der Waals surface area contributed by atoms with E-state index in [1.807, 2.05) is 26.0 Å². The van der Waals surface area contributed by atoms with E-state index in [4.69, 9.17) is 4.74 Å². The quantitative estimate of drug-likeness (QED) is 0.746. The summed E-state index contributed by atoms with van der Waals surface area (Å²) in [6, 6.07) is 14.9. The van der Waals surface area contributed by atoms with E-state index in [0.29, 0.717) is 0 Å². The lowest BCUT2D eigenvalue weighted by Gasteiger charge is -2.17. The Kier molecular flexibility index (Phi) is 5.29. The third-order valence-electron chi connectivity index (χ3n) is 3.18. The first-order chi connectivity index (χ1) is 9.94. The van der Waals surface area contributed by atoms with Gasteiger partial charge in [-0.1, -0.05) is 28.1 Å². The summed E-state index contributed by atoms with van der Waals surface area (Å²) in [4.78, 5) is 0. The number of ether oxygens (including phenoxy) is 1. The summed E-state index contributed by atoms with van der Waals surface area (Å²) in [7, 11) is 0. The fraction of sp³-hybridized carbons (Fsp3) is 0.333. The van der Waals surface area contributed by atoms with E-state index >= 15 is 0 Å². The molecule has 0 saturated carbocycles. The zero-order chi connectivity index (χ0) is 15.4. The first-order valence-corrected chi connectivity index (χ1v) is 8.03. The van der Waals surface area contributed by atoms with Crippen LogP contribution in [0.25, 0.3) is 0 Å². The molecule has 0 saturated heterocycles. The average molecular weight is 348 g/mol.